The maximum absolute atomic E-state index is 12.4. The van der Waals surface area contributed by atoms with Crippen LogP contribution in [0.15, 0.2) is 53.3 Å². The lowest BCUT2D eigenvalue weighted by atomic mass is 10.0. The van der Waals surface area contributed by atoms with Gasteiger partial charge in [0.25, 0.3) is 5.56 Å². The number of fused-ring (bicyclic) bond motifs is 2. The SMILES string of the molecule is Cc1cccc2nc(CN3CCCc4ccccc43)cc(=O)n12. The summed E-state index contributed by atoms with van der Waals surface area (Å²) in [5, 5.41) is 0. The smallest absolute Gasteiger partial charge is 0.258 e. The summed E-state index contributed by atoms with van der Waals surface area (Å²) in [6.07, 6.45) is 2.27. The molecule has 3 aromatic rings. The second kappa shape index (κ2) is 5.54. The van der Waals surface area contributed by atoms with Gasteiger partial charge in [0.1, 0.15) is 5.65 Å². The molecule has 23 heavy (non-hydrogen) atoms. The number of anilines is 1. The number of nitrogens with zero attached hydrogens (tertiary/aromatic N) is 3. The van der Waals surface area contributed by atoms with Crippen molar-refractivity contribution in [3.05, 3.63) is 75.8 Å². The highest BCUT2D eigenvalue weighted by atomic mass is 16.1. The summed E-state index contributed by atoms with van der Waals surface area (Å²) in [5.74, 6) is 0. The molecule has 2 aromatic heterocycles. The molecule has 116 valence electrons. The minimum atomic E-state index is -0.00612. The molecule has 0 aliphatic carbocycles. The quantitative estimate of drug-likeness (QED) is 0.730. The van der Waals surface area contributed by atoms with Crippen molar-refractivity contribution in [3.8, 4) is 0 Å². The van der Waals surface area contributed by atoms with Crippen LogP contribution in [0.3, 0.4) is 0 Å². The molecule has 3 heterocycles. The Kier molecular flexibility index (Phi) is 3.37. The summed E-state index contributed by atoms with van der Waals surface area (Å²) in [7, 11) is 0. The molecule has 4 heteroatoms. The minimum Gasteiger partial charge on any atom is -0.365 e. The van der Waals surface area contributed by atoms with Crippen LogP contribution in [-0.4, -0.2) is 15.9 Å². The van der Waals surface area contributed by atoms with E-state index in [9.17, 15) is 4.79 Å². The zero-order valence-electron chi connectivity index (χ0n) is 13.2. The second-order valence-electron chi connectivity index (χ2n) is 6.10. The Hall–Kier alpha value is -2.62. The van der Waals surface area contributed by atoms with Gasteiger partial charge in [-0.15, -0.1) is 0 Å². The van der Waals surface area contributed by atoms with E-state index >= 15 is 0 Å². The van der Waals surface area contributed by atoms with E-state index in [2.05, 4.69) is 34.1 Å². The first-order valence-corrected chi connectivity index (χ1v) is 8.03. The fourth-order valence-corrected chi connectivity index (χ4v) is 3.42. The van der Waals surface area contributed by atoms with Crippen molar-refractivity contribution in [2.75, 3.05) is 11.4 Å². The molecular formula is C19H19N3O. The largest absolute Gasteiger partial charge is 0.365 e. The molecule has 4 rings (SSSR count). The van der Waals surface area contributed by atoms with E-state index in [1.54, 1.807) is 10.5 Å². The standard InChI is InChI=1S/C19H19N3O/c1-14-6-4-10-18-20-16(12-19(23)22(14)18)13-21-11-5-8-15-7-2-3-9-17(15)21/h2-4,6-7,9-10,12H,5,8,11,13H2,1H3. The van der Waals surface area contributed by atoms with Gasteiger partial charge < -0.3 is 4.90 Å². The van der Waals surface area contributed by atoms with Crippen LogP contribution in [-0.2, 0) is 13.0 Å². The maximum atomic E-state index is 12.4. The highest BCUT2D eigenvalue weighted by Crippen LogP contribution is 2.27. The first-order chi connectivity index (χ1) is 11.2. The number of hydrogen-bond acceptors (Lipinski definition) is 3. The molecule has 1 aliphatic heterocycles. The predicted octanol–water partition coefficient (Wildman–Crippen LogP) is 2.96. The van der Waals surface area contributed by atoms with Crippen LogP contribution in [0.4, 0.5) is 5.69 Å². The van der Waals surface area contributed by atoms with Crippen molar-refractivity contribution in [3.63, 3.8) is 0 Å². The van der Waals surface area contributed by atoms with Crippen LogP contribution in [0.5, 0.6) is 0 Å². The number of aryl methyl sites for hydroxylation is 2. The Morgan fingerprint density at radius 2 is 2.00 bits per heavy atom. The minimum absolute atomic E-state index is 0.00612. The summed E-state index contributed by atoms with van der Waals surface area (Å²) in [6, 6.07) is 15.9. The molecule has 0 unspecified atom stereocenters. The van der Waals surface area contributed by atoms with Crippen molar-refractivity contribution in [2.24, 2.45) is 0 Å². The van der Waals surface area contributed by atoms with Gasteiger partial charge in [-0.05, 0) is 43.5 Å². The van der Waals surface area contributed by atoms with Crippen molar-refractivity contribution < 1.29 is 0 Å². The summed E-state index contributed by atoms with van der Waals surface area (Å²) in [6.45, 7) is 3.61. The van der Waals surface area contributed by atoms with Crippen molar-refractivity contribution in [1.82, 2.24) is 9.38 Å². The normalized spacial score (nSPS) is 14.0. The summed E-state index contributed by atoms with van der Waals surface area (Å²) in [5.41, 5.74) is 5.11. The number of benzene rings is 1. The van der Waals surface area contributed by atoms with Crippen LogP contribution in [0.25, 0.3) is 5.65 Å². The predicted molar refractivity (Wildman–Crippen MR) is 92.0 cm³/mol. The lowest BCUT2D eigenvalue weighted by Gasteiger charge is -2.31. The highest BCUT2D eigenvalue weighted by Gasteiger charge is 2.17. The molecule has 0 fully saturated rings. The van der Waals surface area contributed by atoms with E-state index in [1.165, 1.54) is 11.3 Å². The Labute approximate surface area is 135 Å². The van der Waals surface area contributed by atoms with Gasteiger partial charge in [-0.2, -0.15) is 0 Å². The van der Waals surface area contributed by atoms with E-state index in [0.717, 1.165) is 36.4 Å². The maximum Gasteiger partial charge on any atom is 0.258 e. The molecule has 1 aromatic carbocycles. The van der Waals surface area contributed by atoms with E-state index < -0.39 is 0 Å². The third-order valence-corrected chi connectivity index (χ3v) is 4.49. The van der Waals surface area contributed by atoms with Gasteiger partial charge in [-0.1, -0.05) is 24.3 Å². The van der Waals surface area contributed by atoms with Crippen LogP contribution < -0.4 is 10.5 Å². The Balaban J connectivity index is 1.73. The molecule has 0 N–H and O–H groups in total. The van der Waals surface area contributed by atoms with Gasteiger partial charge in [-0.25, -0.2) is 4.98 Å². The van der Waals surface area contributed by atoms with Gasteiger partial charge in [0.15, 0.2) is 0 Å². The van der Waals surface area contributed by atoms with Gasteiger partial charge in [0.2, 0.25) is 0 Å². The Bertz CT molecular complexity index is 929. The van der Waals surface area contributed by atoms with Crippen LogP contribution in [0, 0.1) is 6.92 Å². The third kappa shape index (κ3) is 2.50. The average Bonchev–Trinajstić information content (AvgIpc) is 2.55. The topological polar surface area (TPSA) is 37.6 Å². The summed E-state index contributed by atoms with van der Waals surface area (Å²) in [4.78, 5) is 19.4. The molecular weight excluding hydrogens is 286 g/mol. The van der Waals surface area contributed by atoms with Gasteiger partial charge >= 0.3 is 0 Å². The molecule has 0 saturated heterocycles. The zero-order valence-corrected chi connectivity index (χ0v) is 13.2. The lowest BCUT2D eigenvalue weighted by Crippen LogP contribution is -2.30. The number of para-hydroxylation sites is 1. The van der Waals surface area contributed by atoms with E-state index in [0.29, 0.717) is 6.54 Å². The number of aromatic nitrogens is 2. The van der Waals surface area contributed by atoms with Crippen molar-refractivity contribution in [2.45, 2.75) is 26.3 Å². The van der Waals surface area contributed by atoms with Gasteiger partial charge in [0, 0.05) is 24.0 Å². The summed E-state index contributed by atoms with van der Waals surface area (Å²) < 4.78 is 1.66. The third-order valence-electron chi connectivity index (χ3n) is 4.49. The van der Waals surface area contributed by atoms with Crippen LogP contribution in [0.2, 0.25) is 0 Å². The second-order valence-corrected chi connectivity index (χ2v) is 6.10. The Morgan fingerprint density at radius 3 is 2.91 bits per heavy atom. The monoisotopic (exact) mass is 305 g/mol. The van der Waals surface area contributed by atoms with E-state index in [-0.39, 0.29) is 5.56 Å². The summed E-state index contributed by atoms with van der Waals surface area (Å²) >= 11 is 0. The molecule has 4 nitrogen and oxygen atoms in total. The molecule has 0 amide bonds. The first kappa shape index (κ1) is 14.0. The van der Waals surface area contributed by atoms with E-state index in [4.69, 9.17) is 0 Å². The van der Waals surface area contributed by atoms with Crippen LogP contribution in [0.1, 0.15) is 23.4 Å². The van der Waals surface area contributed by atoms with Crippen LogP contribution >= 0.6 is 0 Å². The molecule has 0 saturated carbocycles. The average molecular weight is 305 g/mol. The number of pyridine rings is 1. The number of hydrogen-bond donors (Lipinski definition) is 0. The first-order valence-electron chi connectivity index (χ1n) is 8.03. The number of rotatable bonds is 2. The highest BCUT2D eigenvalue weighted by molar-refractivity contribution is 5.55. The molecule has 1 aliphatic rings. The fraction of sp³-hybridized carbons (Fsp3) is 0.263. The van der Waals surface area contributed by atoms with Crippen molar-refractivity contribution in [1.29, 1.82) is 0 Å². The molecule has 0 atom stereocenters. The zero-order chi connectivity index (χ0) is 15.8. The molecule has 0 bridgehead atoms. The Morgan fingerprint density at radius 1 is 1.13 bits per heavy atom. The molecule has 0 spiro atoms. The van der Waals surface area contributed by atoms with Gasteiger partial charge in [-0.3, -0.25) is 9.20 Å². The van der Waals surface area contributed by atoms with E-state index in [1.807, 2.05) is 25.1 Å². The fourth-order valence-electron chi connectivity index (χ4n) is 3.42. The molecule has 0 radical (unpaired) electrons. The van der Waals surface area contributed by atoms with Crippen molar-refractivity contribution >= 4 is 11.3 Å². The van der Waals surface area contributed by atoms with Gasteiger partial charge in [0.05, 0.1) is 12.2 Å². The lowest BCUT2D eigenvalue weighted by molar-refractivity contribution is 0.683.